The number of carbonyl (C=O) groups excluding carboxylic acids is 1. The average molecular weight is 237 g/mol. The molecule has 1 fully saturated rings. The van der Waals surface area contributed by atoms with Crippen molar-refractivity contribution in [3.05, 3.63) is 0 Å². The van der Waals surface area contributed by atoms with Crippen molar-refractivity contribution in [3.8, 4) is 0 Å². The molecule has 0 bridgehead atoms. The Hall–Kier alpha value is -0.900. The fourth-order valence-corrected chi connectivity index (χ4v) is 2.56. The van der Waals surface area contributed by atoms with Crippen LogP contribution in [-0.4, -0.2) is 29.2 Å². The number of amides is 1. The van der Waals surface area contributed by atoms with E-state index in [4.69, 9.17) is 5.73 Å². The molecule has 4 heteroatoms. The van der Waals surface area contributed by atoms with Crippen LogP contribution in [0.25, 0.3) is 0 Å². The van der Waals surface area contributed by atoms with E-state index >= 15 is 0 Å². The second-order valence-corrected chi connectivity index (χ2v) is 5.57. The highest BCUT2D eigenvalue weighted by molar-refractivity contribution is 6.08. The molecular formula is C13H23N3O. The SMILES string of the molecule is CC(C)C1=NN(C(C)C2CC2)C(=O)C1CCN. The van der Waals surface area contributed by atoms with Crippen molar-refractivity contribution >= 4 is 11.6 Å². The Kier molecular flexibility index (Phi) is 3.52. The van der Waals surface area contributed by atoms with Crippen molar-refractivity contribution in [1.29, 1.82) is 0 Å². The smallest absolute Gasteiger partial charge is 0.251 e. The van der Waals surface area contributed by atoms with E-state index in [0.29, 0.717) is 18.4 Å². The van der Waals surface area contributed by atoms with Crippen LogP contribution >= 0.6 is 0 Å². The molecule has 2 unspecified atom stereocenters. The topological polar surface area (TPSA) is 58.7 Å². The number of rotatable bonds is 5. The van der Waals surface area contributed by atoms with Gasteiger partial charge in [-0.1, -0.05) is 13.8 Å². The van der Waals surface area contributed by atoms with Gasteiger partial charge in [0.1, 0.15) is 0 Å². The van der Waals surface area contributed by atoms with E-state index in [0.717, 1.165) is 12.1 Å². The van der Waals surface area contributed by atoms with Crippen LogP contribution in [0.3, 0.4) is 0 Å². The summed E-state index contributed by atoms with van der Waals surface area (Å²) in [6.45, 7) is 6.86. The zero-order valence-corrected chi connectivity index (χ0v) is 11.0. The van der Waals surface area contributed by atoms with Crippen LogP contribution in [0.5, 0.6) is 0 Å². The normalized spacial score (nSPS) is 26.6. The molecule has 1 heterocycles. The molecule has 1 aliphatic heterocycles. The van der Waals surface area contributed by atoms with Gasteiger partial charge < -0.3 is 5.73 Å². The zero-order valence-electron chi connectivity index (χ0n) is 11.0. The minimum Gasteiger partial charge on any atom is -0.330 e. The first-order valence-electron chi connectivity index (χ1n) is 6.67. The molecule has 0 radical (unpaired) electrons. The Morgan fingerprint density at radius 3 is 2.53 bits per heavy atom. The molecule has 2 aliphatic rings. The summed E-state index contributed by atoms with van der Waals surface area (Å²) >= 11 is 0. The van der Waals surface area contributed by atoms with Crippen LogP contribution in [0.4, 0.5) is 0 Å². The lowest BCUT2D eigenvalue weighted by atomic mass is 9.91. The van der Waals surface area contributed by atoms with Gasteiger partial charge in [-0.3, -0.25) is 4.79 Å². The molecule has 0 aromatic rings. The maximum absolute atomic E-state index is 12.3. The van der Waals surface area contributed by atoms with Crippen molar-refractivity contribution < 1.29 is 4.79 Å². The minimum absolute atomic E-state index is 0.0683. The van der Waals surface area contributed by atoms with E-state index in [1.54, 1.807) is 5.01 Å². The predicted molar refractivity (Wildman–Crippen MR) is 68.5 cm³/mol. The second-order valence-electron chi connectivity index (χ2n) is 5.57. The van der Waals surface area contributed by atoms with Crippen molar-refractivity contribution in [2.75, 3.05) is 6.54 Å². The molecule has 1 saturated carbocycles. The summed E-state index contributed by atoms with van der Waals surface area (Å²) in [5, 5.41) is 6.30. The Morgan fingerprint density at radius 2 is 2.06 bits per heavy atom. The molecule has 0 aromatic carbocycles. The van der Waals surface area contributed by atoms with Gasteiger partial charge >= 0.3 is 0 Å². The van der Waals surface area contributed by atoms with Gasteiger partial charge in [-0.15, -0.1) is 0 Å². The lowest BCUT2D eigenvalue weighted by Gasteiger charge is -2.21. The highest BCUT2D eigenvalue weighted by Crippen LogP contribution is 2.37. The molecule has 96 valence electrons. The predicted octanol–water partition coefficient (Wildman–Crippen LogP) is 1.60. The van der Waals surface area contributed by atoms with Gasteiger partial charge in [0.25, 0.3) is 5.91 Å². The van der Waals surface area contributed by atoms with Crippen LogP contribution < -0.4 is 5.73 Å². The molecule has 0 saturated heterocycles. The van der Waals surface area contributed by atoms with Gasteiger partial charge in [-0.25, -0.2) is 5.01 Å². The monoisotopic (exact) mass is 237 g/mol. The zero-order chi connectivity index (χ0) is 12.6. The fourth-order valence-electron chi connectivity index (χ4n) is 2.56. The Balaban J connectivity index is 2.15. The summed E-state index contributed by atoms with van der Waals surface area (Å²) in [6, 6.07) is 0.263. The lowest BCUT2D eigenvalue weighted by Crippen LogP contribution is -2.36. The molecular weight excluding hydrogens is 214 g/mol. The van der Waals surface area contributed by atoms with Crippen molar-refractivity contribution in [2.24, 2.45) is 28.6 Å². The third kappa shape index (κ3) is 2.37. The van der Waals surface area contributed by atoms with E-state index < -0.39 is 0 Å². The molecule has 0 spiro atoms. The van der Waals surface area contributed by atoms with Gasteiger partial charge in [0, 0.05) is 0 Å². The summed E-state index contributed by atoms with van der Waals surface area (Å²) < 4.78 is 0. The van der Waals surface area contributed by atoms with Crippen LogP contribution in [0.2, 0.25) is 0 Å². The van der Waals surface area contributed by atoms with Crippen LogP contribution in [0.15, 0.2) is 5.10 Å². The molecule has 2 atom stereocenters. The van der Waals surface area contributed by atoms with Crippen molar-refractivity contribution in [2.45, 2.75) is 46.1 Å². The van der Waals surface area contributed by atoms with E-state index in [2.05, 4.69) is 25.9 Å². The highest BCUT2D eigenvalue weighted by Gasteiger charge is 2.42. The van der Waals surface area contributed by atoms with E-state index in [9.17, 15) is 4.79 Å². The summed E-state index contributed by atoms with van der Waals surface area (Å²) in [4.78, 5) is 12.3. The van der Waals surface area contributed by atoms with E-state index in [1.165, 1.54) is 12.8 Å². The second kappa shape index (κ2) is 4.77. The molecule has 2 N–H and O–H groups in total. The summed E-state index contributed by atoms with van der Waals surface area (Å²) in [5.41, 5.74) is 6.62. The molecule has 17 heavy (non-hydrogen) atoms. The van der Waals surface area contributed by atoms with Gasteiger partial charge in [-0.2, -0.15) is 5.10 Å². The molecule has 2 rings (SSSR count). The third-order valence-electron chi connectivity index (χ3n) is 3.84. The fraction of sp³-hybridized carbons (Fsp3) is 0.846. The first-order valence-corrected chi connectivity index (χ1v) is 6.67. The summed E-state index contributed by atoms with van der Waals surface area (Å²) in [6.07, 6.45) is 3.20. The average Bonchev–Trinajstić information content (AvgIpc) is 3.06. The Labute approximate surface area is 103 Å². The lowest BCUT2D eigenvalue weighted by molar-refractivity contribution is -0.134. The Morgan fingerprint density at radius 1 is 1.41 bits per heavy atom. The number of nitrogens with two attached hydrogens (primary N) is 1. The molecule has 1 aliphatic carbocycles. The van der Waals surface area contributed by atoms with Gasteiger partial charge in [0.15, 0.2) is 0 Å². The van der Waals surface area contributed by atoms with E-state index in [-0.39, 0.29) is 17.9 Å². The number of carbonyl (C=O) groups is 1. The third-order valence-corrected chi connectivity index (χ3v) is 3.84. The summed E-state index contributed by atoms with van der Waals surface area (Å²) in [7, 11) is 0. The van der Waals surface area contributed by atoms with Crippen LogP contribution in [-0.2, 0) is 4.79 Å². The molecule has 4 nitrogen and oxygen atoms in total. The highest BCUT2D eigenvalue weighted by atomic mass is 16.2. The van der Waals surface area contributed by atoms with Gasteiger partial charge in [-0.05, 0) is 44.6 Å². The minimum atomic E-state index is -0.0683. The molecule has 0 aromatic heterocycles. The van der Waals surface area contributed by atoms with Gasteiger partial charge in [0.2, 0.25) is 0 Å². The first kappa shape index (κ1) is 12.6. The van der Waals surface area contributed by atoms with Crippen LogP contribution in [0, 0.1) is 17.8 Å². The number of hydrogen-bond acceptors (Lipinski definition) is 3. The maximum atomic E-state index is 12.3. The number of hydrogen-bond donors (Lipinski definition) is 1. The Bertz CT molecular complexity index is 334. The number of hydrazone groups is 1. The van der Waals surface area contributed by atoms with E-state index in [1.807, 2.05) is 0 Å². The van der Waals surface area contributed by atoms with Crippen molar-refractivity contribution in [1.82, 2.24) is 5.01 Å². The largest absolute Gasteiger partial charge is 0.330 e. The molecule has 1 amide bonds. The maximum Gasteiger partial charge on any atom is 0.251 e. The first-order chi connectivity index (χ1) is 8.06. The number of nitrogens with zero attached hydrogens (tertiary/aromatic N) is 2. The quantitative estimate of drug-likeness (QED) is 0.789. The standard InChI is InChI=1S/C13H23N3O/c1-8(2)12-11(6-7-14)13(17)16(15-12)9(3)10-4-5-10/h8-11H,4-7,14H2,1-3H3. The van der Waals surface area contributed by atoms with Gasteiger partial charge in [0.05, 0.1) is 17.7 Å². The summed E-state index contributed by atoms with van der Waals surface area (Å²) in [5.74, 6) is 1.08. The van der Waals surface area contributed by atoms with Crippen molar-refractivity contribution in [3.63, 3.8) is 0 Å². The van der Waals surface area contributed by atoms with Crippen LogP contribution in [0.1, 0.15) is 40.0 Å².